The summed E-state index contributed by atoms with van der Waals surface area (Å²) >= 11 is 0. The summed E-state index contributed by atoms with van der Waals surface area (Å²) in [7, 11) is 1.72. The summed E-state index contributed by atoms with van der Waals surface area (Å²) in [5.41, 5.74) is 10.2. The number of furan rings is 1. The van der Waals surface area contributed by atoms with Crippen LogP contribution in [-0.4, -0.2) is 66.3 Å². The van der Waals surface area contributed by atoms with E-state index < -0.39 is 0 Å². The van der Waals surface area contributed by atoms with E-state index in [9.17, 15) is 4.79 Å². The van der Waals surface area contributed by atoms with Gasteiger partial charge in [-0.1, -0.05) is 17.7 Å². The van der Waals surface area contributed by atoms with Gasteiger partial charge < -0.3 is 15.1 Å². The zero-order valence-corrected chi connectivity index (χ0v) is 19.8. The number of hydrogen-bond donors (Lipinski definition) is 1. The van der Waals surface area contributed by atoms with Crippen LogP contribution in [0.4, 0.5) is 11.6 Å². The van der Waals surface area contributed by atoms with Crippen molar-refractivity contribution in [3.63, 3.8) is 0 Å². The van der Waals surface area contributed by atoms with Crippen molar-refractivity contribution in [2.45, 2.75) is 13.5 Å². The lowest BCUT2D eigenvalue weighted by molar-refractivity contribution is 0.248. The Morgan fingerprint density at radius 1 is 1.00 bits per heavy atom. The number of benzene rings is 1. The quantitative estimate of drug-likeness (QED) is 0.411. The number of aromatic nitrogens is 6. The highest BCUT2D eigenvalue weighted by molar-refractivity contribution is 5.88. The number of nitrogen functional groups attached to an aromatic ring is 1. The van der Waals surface area contributed by atoms with Crippen LogP contribution in [0, 0.1) is 6.92 Å². The number of nitrogens with zero attached hydrogens (tertiary/aromatic N) is 8. The molecule has 0 spiro atoms. The molecule has 1 aliphatic rings. The van der Waals surface area contributed by atoms with Crippen molar-refractivity contribution in [1.29, 1.82) is 0 Å². The molecule has 5 aromatic rings. The van der Waals surface area contributed by atoms with Crippen LogP contribution < -0.4 is 16.3 Å². The van der Waals surface area contributed by atoms with E-state index in [1.165, 1.54) is 15.8 Å². The van der Waals surface area contributed by atoms with Gasteiger partial charge in [0.2, 0.25) is 11.8 Å². The Morgan fingerprint density at radius 2 is 1.77 bits per heavy atom. The molecule has 11 nitrogen and oxygen atoms in total. The molecule has 0 bridgehead atoms. The Labute approximate surface area is 201 Å². The molecule has 180 valence electrons. The molecule has 0 radical (unpaired) electrons. The van der Waals surface area contributed by atoms with Crippen LogP contribution in [0.1, 0.15) is 5.56 Å². The highest BCUT2D eigenvalue weighted by Gasteiger charge is 2.23. The van der Waals surface area contributed by atoms with Crippen LogP contribution >= 0.6 is 0 Å². The maximum absolute atomic E-state index is 13.2. The highest BCUT2D eigenvalue weighted by atomic mass is 16.3. The number of aryl methyl sites for hydroxylation is 2. The normalized spacial score (nSPS) is 15.0. The monoisotopic (exact) mass is 473 g/mol. The van der Waals surface area contributed by atoms with Crippen LogP contribution in [0.5, 0.6) is 0 Å². The van der Waals surface area contributed by atoms with Gasteiger partial charge in [-0.3, -0.25) is 14.0 Å². The number of anilines is 2. The first-order valence-electron chi connectivity index (χ1n) is 11.7. The minimum atomic E-state index is -0.152. The van der Waals surface area contributed by atoms with E-state index in [1.54, 1.807) is 34.6 Å². The predicted molar refractivity (Wildman–Crippen MR) is 133 cm³/mol. The van der Waals surface area contributed by atoms with E-state index in [1.807, 2.05) is 0 Å². The number of piperazine rings is 1. The standard InChI is InChI=1S/C24H27N9O2/c1-16-5-7-17(8-6-16)31-12-9-30(10-13-31)11-14-32-21-19(29(2)24(32)34)22-26-20(18-4-3-15-35-18)28-33(22)23(25)27-21/h3-8,15H,9-14H2,1-2H3,(H2,25,27). The molecular weight excluding hydrogens is 446 g/mol. The topological polar surface area (TPSA) is 116 Å². The van der Waals surface area contributed by atoms with E-state index in [0.717, 1.165) is 32.7 Å². The summed E-state index contributed by atoms with van der Waals surface area (Å²) in [5.74, 6) is 1.09. The lowest BCUT2D eigenvalue weighted by atomic mass is 10.2. The number of imidazole rings is 1. The van der Waals surface area contributed by atoms with Crippen molar-refractivity contribution in [2.75, 3.05) is 43.4 Å². The average Bonchev–Trinajstić information content (AvgIpc) is 3.59. The third kappa shape index (κ3) is 3.64. The van der Waals surface area contributed by atoms with Crippen molar-refractivity contribution >= 4 is 28.4 Å². The third-order valence-electron chi connectivity index (χ3n) is 6.73. The summed E-state index contributed by atoms with van der Waals surface area (Å²) in [5, 5.41) is 4.43. The fourth-order valence-corrected chi connectivity index (χ4v) is 4.73. The lowest BCUT2D eigenvalue weighted by Gasteiger charge is -2.36. The van der Waals surface area contributed by atoms with Gasteiger partial charge in [-0.25, -0.2) is 9.78 Å². The first-order chi connectivity index (χ1) is 17.0. The fraction of sp³-hybridized carbons (Fsp3) is 0.333. The van der Waals surface area contributed by atoms with Crippen molar-refractivity contribution in [3.8, 4) is 11.6 Å². The Morgan fingerprint density at radius 3 is 2.49 bits per heavy atom. The maximum atomic E-state index is 13.2. The number of nitrogens with two attached hydrogens (primary N) is 1. The van der Waals surface area contributed by atoms with E-state index in [4.69, 9.17) is 10.2 Å². The summed E-state index contributed by atoms with van der Waals surface area (Å²) in [6.07, 6.45) is 1.56. The fourth-order valence-electron chi connectivity index (χ4n) is 4.73. The second-order valence-corrected chi connectivity index (χ2v) is 8.95. The van der Waals surface area contributed by atoms with E-state index in [0.29, 0.717) is 34.9 Å². The summed E-state index contributed by atoms with van der Waals surface area (Å²) in [6.45, 7) is 7.14. The molecule has 11 heteroatoms. The van der Waals surface area contributed by atoms with E-state index in [-0.39, 0.29) is 11.6 Å². The van der Waals surface area contributed by atoms with Gasteiger partial charge in [-0.15, -0.1) is 5.10 Å². The zero-order chi connectivity index (χ0) is 24.1. The molecule has 6 rings (SSSR count). The van der Waals surface area contributed by atoms with Gasteiger partial charge in [0.25, 0.3) is 0 Å². The minimum Gasteiger partial charge on any atom is -0.461 e. The maximum Gasteiger partial charge on any atom is 0.330 e. The summed E-state index contributed by atoms with van der Waals surface area (Å²) in [6, 6.07) is 12.2. The zero-order valence-electron chi connectivity index (χ0n) is 19.8. The van der Waals surface area contributed by atoms with Crippen LogP contribution in [0.2, 0.25) is 0 Å². The van der Waals surface area contributed by atoms with Gasteiger partial charge in [0.15, 0.2) is 17.1 Å². The average molecular weight is 474 g/mol. The van der Waals surface area contributed by atoms with E-state index in [2.05, 4.69) is 56.1 Å². The van der Waals surface area contributed by atoms with Gasteiger partial charge in [-0.2, -0.15) is 9.50 Å². The number of fused-ring (bicyclic) bond motifs is 3. The Balaban J connectivity index is 1.24. The van der Waals surface area contributed by atoms with Crippen molar-refractivity contribution in [3.05, 3.63) is 58.7 Å². The molecule has 0 atom stereocenters. The molecular formula is C24H27N9O2. The lowest BCUT2D eigenvalue weighted by Crippen LogP contribution is -2.47. The largest absolute Gasteiger partial charge is 0.461 e. The molecule has 2 N–H and O–H groups in total. The summed E-state index contributed by atoms with van der Waals surface area (Å²) < 4.78 is 10.1. The number of rotatable bonds is 5. The molecule has 0 amide bonds. The third-order valence-corrected chi connectivity index (χ3v) is 6.73. The Hall–Kier alpha value is -4.12. The highest BCUT2D eigenvalue weighted by Crippen LogP contribution is 2.23. The Bertz CT molecular complexity index is 1550. The van der Waals surface area contributed by atoms with Crippen LogP contribution in [0.25, 0.3) is 28.4 Å². The van der Waals surface area contributed by atoms with Crippen LogP contribution in [0.15, 0.2) is 51.9 Å². The predicted octanol–water partition coefficient (Wildman–Crippen LogP) is 1.75. The molecule has 1 aromatic carbocycles. The van der Waals surface area contributed by atoms with Crippen molar-refractivity contribution in [1.82, 2.24) is 33.6 Å². The van der Waals surface area contributed by atoms with Crippen LogP contribution in [0.3, 0.4) is 0 Å². The van der Waals surface area contributed by atoms with Crippen LogP contribution in [-0.2, 0) is 13.6 Å². The van der Waals surface area contributed by atoms with Crippen molar-refractivity contribution < 1.29 is 4.42 Å². The Kier molecular flexibility index (Phi) is 5.06. The molecule has 1 fully saturated rings. The van der Waals surface area contributed by atoms with Gasteiger partial charge >= 0.3 is 5.69 Å². The molecule has 0 aliphatic carbocycles. The first-order valence-corrected chi connectivity index (χ1v) is 11.7. The smallest absolute Gasteiger partial charge is 0.330 e. The van der Waals surface area contributed by atoms with Gasteiger partial charge in [0.05, 0.1) is 6.26 Å². The van der Waals surface area contributed by atoms with Gasteiger partial charge in [0.1, 0.15) is 5.52 Å². The SMILES string of the molecule is Cc1ccc(N2CCN(CCn3c(=O)n(C)c4c3nc(N)n3nc(-c5ccco5)nc43)CC2)cc1. The van der Waals surface area contributed by atoms with Gasteiger partial charge in [-0.05, 0) is 31.2 Å². The van der Waals surface area contributed by atoms with Gasteiger partial charge in [0, 0.05) is 52.0 Å². The molecule has 1 aliphatic heterocycles. The molecule has 0 saturated carbocycles. The minimum absolute atomic E-state index is 0.152. The molecule has 4 aromatic heterocycles. The molecule has 1 saturated heterocycles. The summed E-state index contributed by atoms with van der Waals surface area (Å²) in [4.78, 5) is 27.1. The molecule has 5 heterocycles. The second-order valence-electron chi connectivity index (χ2n) is 8.95. The van der Waals surface area contributed by atoms with Crippen molar-refractivity contribution in [2.24, 2.45) is 7.05 Å². The van der Waals surface area contributed by atoms with E-state index >= 15 is 0 Å². The second kappa shape index (κ2) is 8.27. The molecule has 35 heavy (non-hydrogen) atoms. The first kappa shape index (κ1) is 21.4. The number of hydrogen-bond acceptors (Lipinski definition) is 8. The molecule has 0 unspecified atom stereocenters.